The van der Waals surface area contributed by atoms with Gasteiger partial charge in [0.25, 0.3) is 0 Å². The van der Waals surface area contributed by atoms with Crippen molar-refractivity contribution in [2.24, 2.45) is 0 Å². The maximum atomic E-state index is 9.93. The fourth-order valence-corrected chi connectivity index (χ4v) is 4.30. The number of ether oxygens (including phenoxy) is 2. The second-order valence-electron chi connectivity index (χ2n) is 8.55. The largest absolute Gasteiger partial charge is 2.00 e. The van der Waals surface area contributed by atoms with Crippen molar-refractivity contribution in [1.29, 1.82) is 0 Å². The van der Waals surface area contributed by atoms with Crippen LogP contribution in [0.3, 0.4) is 0 Å². The summed E-state index contributed by atoms with van der Waals surface area (Å²) in [5.41, 5.74) is 16.4. The molecule has 0 amide bonds. The van der Waals surface area contributed by atoms with Crippen LogP contribution >= 0.6 is 0 Å². The van der Waals surface area contributed by atoms with E-state index in [9.17, 15) is 20.4 Å². The molecule has 212 valence electrons. The van der Waals surface area contributed by atoms with Gasteiger partial charge in [-0.3, -0.25) is 9.13 Å². The Morgan fingerprint density at radius 2 is 1.03 bits per heavy atom. The van der Waals surface area contributed by atoms with Crippen LogP contribution < -0.4 is 0 Å². The molecule has 2 aliphatic rings. The maximum Gasteiger partial charge on any atom is 2.00 e. The molecule has 0 bridgehead atoms. The van der Waals surface area contributed by atoms with E-state index in [2.05, 4.69) is 29.9 Å². The zero-order valence-corrected chi connectivity index (χ0v) is 22.0. The number of aliphatic hydroxyl groups excluding tert-OH is 6. The maximum absolute atomic E-state index is 9.93. The molecule has 18 nitrogen and oxygen atoms in total. The molecule has 2 saturated heterocycles. The SMILES string of the molecule is [NH-]c1ncnc2c1ncn2C1OC(CO)C(O)C1O.[NH-]c1ncnc2c1ncn2C1OC(CO)C(O)C1O.[Pt+2]. The summed E-state index contributed by atoms with van der Waals surface area (Å²) in [7, 11) is 0. The van der Waals surface area contributed by atoms with Gasteiger partial charge in [0.2, 0.25) is 0 Å². The average Bonchev–Trinajstić information content (AvgIpc) is 3.67. The van der Waals surface area contributed by atoms with Crippen molar-refractivity contribution in [1.82, 2.24) is 39.0 Å². The second-order valence-corrected chi connectivity index (χ2v) is 8.55. The quantitative estimate of drug-likeness (QED) is 0.136. The minimum Gasteiger partial charge on any atom is -0.480 e. The van der Waals surface area contributed by atoms with Crippen molar-refractivity contribution in [3.8, 4) is 0 Å². The number of hydrogen-bond acceptors (Lipinski definition) is 14. The Balaban J connectivity index is 0.000000176. The van der Waals surface area contributed by atoms with Gasteiger partial charge in [-0.05, 0) is 11.6 Å². The zero-order valence-electron chi connectivity index (χ0n) is 19.7. The molecule has 8 unspecified atom stereocenters. The van der Waals surface area contributed by atoms with E-state index in [1.54, 1.807) is 0 Å². The molecule has 8 N–H and O–H groups in total. The molecule has 2 aliphatic heterocycles. The van der Waals surface area contributed by atoms with Crippen molar-refractivity contribution in [3.63, 3.8) is 0 Å². The Hall–Kier alpha value is -2.93. The van der Waals surface area contributed by atoms with Crippen LogP contribution in [0.2, 0.25) is 0 Å². The molecule has 19 heteroatoms. The van der Waals surface area contributed by atoms with E-state index < -0.39 is 62.3 Å². The normalized spacial score (nSPS) is 30.3. The summed E-state index contributed by atoms with van der Waals surface area (Å²) in [6, 6.07) is 0. The number of aromatic nitrogens is 8. The topological polar surface area (TPSA) is 275 Å². The fourth-order valence-electron chi connectivity index (χ4n) is 4.30. The second kappa shape index (κ2) is 11.7. The van der Waals surface area contributed by atoms with Gasteiger partial charge in [-0.25, -0.2) is 19.9 Å². The molecule has 2 fully saturated rings. The molecular weight excluding hydrogens is 703 g/mol. The Labute approximate surface area is 233 Å². The first-order chi connectivity index (χ1) is 18.3. The van der Waals surface area contributed by atoms with Crippen LogP contribution in [0.15, 0.2) is 25.3 Å². The van der Waals surface area contributed by atoms with Crippen LogP contribution in [0.4, 0.5) is 11.6 Å². The van der Waals surface area contributed by atoms with E-state index in [0.717, 1.165) is 0 Å². The van der Waals surface area contributed by atoms with Gasteiger partial charge < -0.3 is 61.5 Å². The number of fused-ring (bicyclic) bond motifs is 2. The van der Waals surface area contributed by atoms with Crippen molar-refractivity contribution in [2.75, 3.05) is 13.2 Å². The van der Waals surface area contributed by atoms with Gasteiger partial charge in [0.1, 0.15) is 47.7 Å². The molecular formula is C20H24N10O8Pt. The van der Waals surface area contributed by atoms with Crippen LogP contribution in [0.5, 0.6) is 0 Å². The summed E-state index contributed by atoms with van der Waals surface area (Å²) in [5.74, 6) is -0.0639. The van der Waals surface area contributed by atoms with Crippen LogP contribution in [0, 0.1) is 0 Å². The Bertz CT molecular complexity index is 1320. The molecule has 0 aromatic carbocycles. The molecule has 6 rings (SSSR count). The van der Waals surface area contributed by atoms with Crippen molar-refractivity contribution < 1.29 is 61.2 Å². The molecule has 6 heterocycles. The predicted octanol–water partition coefficient (Wildman–Crippen LogP) is -1.76. The monoisotopic (exact) mass is 727 g/mol. The van der Waals surface area contributed by atoms with Gasteiger partial charge in [-0.15, -0.1) is 0 Å². The van der Waals surface area contributed by atoms with E-state index in [-0.39, 0.29) is 43.7 Å². The first-order valence-electron chi connectivity index (χ1n) is 11.3. The summed E-state index contributed by atoms with van der Waals surface area (Å²) in [6.07, 6.45) is -3.21. The Morgan fingerprint density at radius 1 is 0.641 bits per heavy atom. The molecule has 4 aromatic rings. The molecule has 0 aliphatic carbocycles. The number of nitrogens with one attached hydrogen (secondary N) is 2. The number of nitrogens with zero attached hydrogens (tertiary/aromatic N) is 8. The minimum absolute atomic E-state index is 0. The van der Waals surface area contributed by atoms with Crippen LogP contribution in [-0.4, -0.2) is 120 Å². The van der Waals surface area contributed by atoms with Crippen molar-refractivity contribution in [3.05, 3.63) is 36.8 Å². The standard InChI is InChI=1S/2C10H12N5O4.Pt/c2*11-8-5-9(13-2-12-8)15(3-14-5)10-7(18)6(17)4(1-16)19-10;/h2*2-4,6-7,10,16-18H,1H2,(H-,11,12,13);/q2*-1;+2. The summed E-state index contributed by atoms with van der Waals surface area (Å²) >= 11 is 0. The van der Waals surface area contributed by atoms with Crippen LogP contribution in [0.25, 0.3) is 33.8 Å². The summed E-state index contributed by atoms with van der Waals surface area (Å²) in [5, 5.41) is 57.4. The van der Waals surface area contributed by atoms with E-state index >= 15 is 0 Å². The average molecular weight is 728 g/mol. The molecule has 0 spiro atoms. The molecule has 0 saturated carbocycles. The third kappa shape index (κ3) is 5.06. The number of aliphatic hydroxyl groups is 6. The third-order valence-corrected chi connectivity index (χ3v) is 6.30. The third-order valence-electron chi connectivity index (χ3n) is 6.30. The fraction of sp³-hybridized carbons (Fsp3) is 0.500. The van der Waals surface area contributed by atoms with Gasteiger partial charge in [0.15, 0.2) is 23.8 Å². The Kier molecular flexibility index (Phi) is 8.69. The van der Waals surface area contributed by atoms with Crippen LogP contribution in [0.1, 0.15) is 12.5 Å². The summed E-state index contributed by atoms with van der Waals surface area (Å²) < 4.78 is 13.6. The van der Waals surface area contributed by atoms with Gasteiger partial charge in [-0.2, -0.15) is 0 Å². The summed E-state index contributed by atoms with van der Waals surface area (Å²) in [4.78, 5) is 23.4. The zero-order chi connectivity index (χ0) is 27.1. The van der Waals surface area contributed by atoms with Gasteiger partial charge in [0.05, 0.1) is 25.9 Å². The molecule has 8 atom stereocenters. The van der Waals surface area contributed by atoms with Gasteiger partial charge in [0, 0.05) is 12.7 Å². The van der Waals surface area contributed by atoms with E-state index in [4.69, 9.17) is 31.2 Å². The number of imidazole rings is 2. The van der Waals surface area contributed by atoms with Gasteiger partial charge in [-0.1, -0.05) is 0 Å². The van der Waals surface area contributed by atoms with Crippen LogP contribution in [-0.2, 0) is 30.5 Å². The molecule has 0 radical (unpaired) electrons. The smallest absolute Gasteiger partial charge is 0.480 e. The van der Waals surface area contributed by atoms with E-state index in [1.807, 2.05) is 0 Å². The Morgan fingerprint density at radius 3 is 1.36 bits per heavy atom. The number of hydrogen-bond donors (Lipinski definition) is 6. The molecule has 39 heavy (non-hydrogen) atoms. The predicted molar refractivity (Wildman–Crippen MR) is 125 cm³/mol. The van der Waals surface area contributed by atoms with E-state index in [0.29, 0.717) is 11.3 Å². The minimum atomic E-state index is -1.21. The van der Waals surface area contributed by atoms with Gasteiger partial charge >= 0.3 is 21.1 Å². The van der Waals surface area contributed by atoms with Crippen molar-refractivity contribution >= 4 is 34.0 Å². The summed E-state index contributed by atoms with van der Waals surface area (Å²) in [6.45, 7) is -0.805. The van der Waals surface area contributed by atoms with E-state index in [1.165, 1.54) is 34.4 Å². The van der Waals surface area contributed by atoms with Crippen molar-refractivity contribution in [2.45, 2.75) is 49.1 Å². The molecule has 4 aromatic heterocycles. The first-order valence-corrected chi connectivity index (χ1v) is 11.3. The first kappa shape index (κ1) is 29.1. The number of rotatable bonds is 4.